The molecule has 0 radical (unpaired) electrons. The summed E-state index contributed by atoms with van der Waals surface area (Å²) in [5.41, 5.74) is 2.53. The van der Waals surface area contributed by atoms with Gasteiger partial charge >= 0.3 is 0 Å². The van der Waals surface area contributed by atoms with Crippen LogP contribution in [0, 0.1) is 11.8 Å². The van der Waals surface area contributed by atoms with Gasteiger partial charge in [0.25, 0.3) is 5.91 Å². The number of hydrogen-bond acceptors (Lipinski definition) is 2. The van der Waals surface area contributed by atoms with Crippen molar-refractivity contribution < 1.29 is 9.59 Å². The Bertz CT molecular complexity index is 647. The molecule has 0 heterocycles. The van der Waals surface area contributed by atoms with Crippen molar-refractivity contribution in [2.24, 2.45) is 16.8 Å². The fraction of sp³-hybridized carbons (Fsp3) is 0.316. The number of allylic oxidation sites excluding steroid dienone is 4. The van der Waals surface area contributed by atoms with Crippen LogP contribution in [0.4, 0.5) is 0 Å². The summed E-state index contributed by atoms with van der Waals surface area (Å²) >= 11 is 0. The van der Waals surface area contributed by atoms with Crippen LogP contribution in [-0.4, -0.2) is 17.4 Å². The molecule has 1 amide bonds. The summed E-state index contributed by atoms with van der Waals surface area (Å²) in [7, 11) is 0. The van der Waals surface area contributed by atoms with Crippen molar-refractivity contribution >= 4 is 17.4 Å². The molecule has 0 aromatic heterocycles. The van der Waals surface area contributed by atoms with E-state index >= 15 is 0 Å². The molecule has 1 aromatic carbocycles. The molecule has 114 valence electrons. The Labute approximate surface area is 131 Å². The Hall–Kier alpha value is -2.29. The SMILES string of the molecule is CC(C)C1=CC(=NC(=O)c2ccccc2)C=C(C(C)C)C1=O. The molecule has 0 saturated carbocycles. The Morgan fingerprint density at radius 1 is 0.909 bits per heavy atom. The van der Waals surface area contributed by atoms with Crippen molar-refractivity contribution in [2.45, 2.75) is 27.7 Å². The van der Waals surface area contributed by atoms with Gasteiger partial charge in [-0.3, -0.25) is 9.59 Å². The van der Waals surface area contributed by atoms with Crippen molar-refractivity contribution in [3.05, 3.63) is 59.2 Å². The zero-order valence-corrected chi connectivity index (χ0v) is 13.5. The van der Waals surface area contributed by atoms with E-state index in [1.165, 1.54) is 0 Å². The maximum Gasteiger partial charge on any atom is 0.277 e. The van der Waals surface area contributed by atoms with Crippen molar-refractivity contribution in [2.75, 3.05) is 0 Å². The molecule has 0 unspecified atom stereocenters. The van der Waals surface area contributed by atoms with E-state index in [0.29, 0.717) is 22.4 Å². The van der Waals surface area contributed by atoms with Gasteiger partial charge in [-0.15, -0.1) is 0 Å². The standard InChI is InChI=1S/C19H21NO2/c1-12(2)16-10-15(11-17(13(3)4)18(16)21)20-19(22)14-8-6-5-7-9-14/h5-13H,1-4H3. The first-order chi connectivity index (χ1) is 10.4. The molecule has 1 aliphatic carbocycles. The van der Waals surface area contributed by atoms with Crippen LogP contribution in [0.15, 0.2) is 58.6 Å². The summed E-state index contributed by atoms with van der Waals surface area (Å²) in [6.07, 6.45) is 3.47. The first-order valence-electron chi connectivity index (χ1n) is 7.56. The van der Waals surface area contributed by atoms with Crippen LogP contribution in [0.3, 0.4) is 0 Å². The maximum atomic E-state index is 12.4. The Kier molecular flexibility index (Phi) is 4.86. The second-order valence-corrected chi connectivity index (χ2v) is 6.05. The number of carbonyl (C=O) groups excluding carboxylic acids is 2. The summed E-state index contributed by atoms with van der Waals surface area (Å²) in [4.78, 5) is 28.8. The molecule has 0 bridgehead atoms. The lowest BCUT2D eigenvalue weighted by atomic mass is 9.84. The van der Waals surface area contributed by atoms with Crippen LogP contribution in [-0.2, 0) is 4.79 Å². The smallest absolute Gasteiger partial charge is 0.277 e. The van der Waals surface area contributed by atoms with E-state index in [0.717, 1.165) is 0 Å². The van der Waals surface area contributed by atoms with Crippen molar-refractivity contribution in [1.82, 2.24) is 0 Å². The molecule has 0 aliphatic heterocycles. The number of carbonyl (C=O) groups is 2. The molecule has 1 aromatic rings. The van der Waals surface area contributed by atoms with Gasteiger partial charge in [0.15, 0.2) is 5.78 Å². The van der Waals surface area contributed by atoms with Crippen LogP contribution in [0.2, 0.25) is 0 Å². The highest BCUT2D eigenvalue weighted by Gasteiger charge is 2.24. The lowest BCUT2D eigenvalue weighted by molar-refractivity contribution is -0.113. The number of hydrogen-bond donors (Lipinski definition) is 0. The van der Waals surface area contributed by atoms with Gasteiger partial charge in [-0.1, -0.05) is 45.9 Å². The number of nitrogens with zero attached hydrogens (tertiary/aromatic N) is 1. The minimum absolute atomic E-state index is 0.0658. The monoisotopic (exact) mass is 295 g/mol. The van der Waals surface area contributed by atoms with Crippen molar-refractivity contribution in [3.8, 4) is 0 Å². The van der Waals surface area contributed by atoms with E-state index in [1.54, 1.807) is 24.3 Å². The number of rotatable bonds is 3. The Morgan fingerprint density at radius 2 is 1.41 bits per heavy atom. The molecule has 0 fully saturated rings. The van der Waals surface area contributed by atoms with E-state index in [4.69, 9.17) is 0 Å². The second kappa shape index (κ2) is 6.65. The van der Waals surface area contributed by atoms with E-state index in [9.17, 15) is 9.59 Å². The van der Waals surface area contributed by atoms with Crippen LogP contribution in [0.1, 0.15) is 38.1 Å². The third kappa shape index (κ3) is 3.48. The van der Waals surface area contributed by atoms with Crippen LogP contribution < -0.4 is 0 Å². The molecule has 0 spiro atoms. The van der Waals surface area contributed by atoms with Gasteiger partial charge in [0.1, 0.15) is 0 Å². The predicted molar refractivity (Wildman–Crippen MR) is 89.1 cm³/mol. The van der Waals surface area contributed by atoms with E-state index in [-0.39, 0.29) is 23.5 Å². The van der Waals surface area contributed by atoms with E-state index in [2.05, 4.69) is 4.99 Å². The van der Waals surface area contributed by atoms with Crippen LogP contribution >= 0.6 is 0 Å². The van der Waals surface area contributed by atoms with Crippen molar-refractivity contribution in [1.29, 1.82) is 0 Å². The number of Topliss-reactive ketones (excluding diaryl/α,β-unsaturated/α-hetero) is 1. The zero-order chi connectivity index (χ0) is 16.3. The zero-order valence-electron chi connectivity index (χ0n) is 13.5. The summed E-state index contributed by atoms with van der Waals surface area (Å²) < 4.78 is 0. The molecule has 0 atom stereocenters. The predicted octanol–water partition coefficient (Wildman–Crippen LogP) is 4.02. The third-order valence-electron chi connectivity index (χ3n) is 3.63. The molecule has 0 N–H and O–H groups in total. The molecule has 0 saturated heterocycles. The molecular weight excluding hydrogens is 274 g/mol. The lowest BCUT2D eigenvalue weighted by Gasteiger charge is -2.19. The number of amides is 1. The average molecular weight is 295 g/mol. The van der Waals surface area contributed by atoms with Crippen molar-refractivity contribution in [3.63, 3.8) is 0 Å². The van der Waals surface area contributed by atoms with Gasteiger partial charge in [0.05, 0.1) is 5.71 Å². The van der Waals surface area contributed by atoms with Gasteiger partial charge in [-0.2, -0.15) is 0 Å². The van der Waals surface area contributed by atoms with E-state index < -0.39 is 0 Å². The van der Waals surface area contributed by atoms with Gasteiger partial charge in [-0.05, 0) is 36.1 Å². The first-order valence-corrected chi connectivity index (χ1v) is 7.56. The van der Waals surface area contributed by atoms with Crippen LogP contribution in [0.25, 0.3) is 0 Å². The summed E-state index contributed by atoms with van der Waals surface area (Å²) in [6.45, 7) is 7.90. The quantitative estimate of drug-likeness (QED) is 0.791. The summed E-state index contributed by atoms with van der Waals surface area (Å²) in [6, 6.07) is 8.95. The largest absolute Gasteiger partial charge is 0.289 e. The highest BCUT2D eigenvalue weighted by Crippen LogP contribution is 2.25. The summed E-state index contributed by atoms with van der Waals surface area (Å²) in [5, 5.41) is 0. The molecule has 22 heavy (non-hydrogen) atoms. The third-order valence-corrected chi connectivity index (χ3v) is 3.63. The minimum Gasteiger partial charge on any atom is -0.289 e. The topological polar surface area (TPSA) is 46.5 Å². The molecule has 1 aliphatic rings. The van der Waals surface area contributed by atoms with Gasteiger partial charge in [0, 0.05) is 16.7 Å². The minimum atomic E-state index is -0.288. The van der Waals surface area contributed by atoms with Gasteiger partial charge in [-0.25, -0.2) is 4.99 Å². The fourth-order valence-corrected chi connectivity index (χ4v) is 2.34. The molecule has 3 heteroatoms. The van der Waals surface area contributed by atoms with Gasteiger partial charge in [0.2, 0.25) is 0 Å². The fourth-order valence-electron chi connectivity index (χ4n) is 2.34. The normalized spacial score (nSPS) is 15.0. The highest BCUT2D eigenvalue weighted by molar-refractivity contribution is 6.24. The number of ketones is 1. The average Bonchev–Trinajstić information content (AvgIpc) is 2.49. The number of benzene rings is 1. The first kappa shape index (κ1) is 16.1. The number of aliphatic imine (C=N–C) groups is 1. The van der Waals surface area contributed by atoms with Gasteiger partial charge < -0.3 is 0 Å². The maximum absolute atomic E-state index is 12.4. The highest BCUT2D eigenvalue weighted by atomic mass is 16.1. The lowest BCUT2D eigenvalue weighted by Crippen LogP contribution is -2.21. The Morgan fingerprint density at radius 3 is 1.86 bits per heavy atom. The molecule has 3 nitrogen and oxygen atoms in total. The summed E-state index contributed by atoms with van der Waals surface area (Å²) in [5.74, 6) is -0.0151. The van der Waals surface area contributed by atoms with Crippen LogP contribution in [0.5, 0.6) is 0 Å². The molecule has 2 rings (SSSR count). The molecular formula is C19H21NO2. The van der Waals surface area contributed by atoms with E-state index in [1.807, 2.05) is 45.9 Å². The Balaban J connectivity index is 2.42. The second-order valence-electron chi connectivity index (χ2n) is 6.05.